The third-order valence-electron chi connectivity index (χ3n) is 4.34. The minimum Gasteiger partial charge on any atom is -0.345 e. The van der Waals surface area contributed by atoms with Crippen LogP contribution in [0.15, 0.2) is 66.7 Å². The molecule has 1 atom stereocenters. The molecule has 3 nitrogen and oxygen atoms in total. The molecule has 26 heavy (non-hydrogen) atoms. The van der Waals surface area contributed by atoms with Crippen molar-refractivity contribution < 1.29 is 14.0 Å². The van der Waals surface area contributed by atoms with Crippen LogP contribution in [-0.2, 0) is 22.4 Å². The number of amides is 1. The molecule has 3 aromatic rings. The van der Waals surface area contributed by atoms with E-state index in [2.05, 4.69) is 5.32 Å². The smallest absolute Gasteiger partial charge is 0.223 e. The highest BCUT2D eigenvalue weighted by atomic mass is 19.1. The fourth-order valence-corrected chi connectivity index (χ4v) is 2.99. The van der Waals surface area contributed by atoms with Gasteiger partial charge in [0.1, 0.15) is 5.82 Å². The van der Waals surface area contributed by atoms with Gasteiger partial charge in [0.05, 0.1) is 6.04 Å². The summed E-state index contributed by atoms with van der Waals surface area (Å²) >= 11 is 0. The summed E-state index contributed by atoms with van der Waals surface area (Å²) in [5.41, 5.74) is 1.87. The maximum absolute atomic E-state index is 12.9. The summed E-state index contributed by atoms with van der Waals surface area (Å²) in [6.45, 7) is 0. The van der Waals surface area contributed by atoms with Crippen LogP contribution in [-0.4, -0.2) is 18.2 Å². The van der Waals surface area contributed by atoms with Crippen molar-refractivity contribution in [3.8, 4) is 0 Å². The molecule has 1 N–H and O–H groups in total. The van der Waals surface area contributed by atoms with E-state index >= 15 is 0 Å². The maximum atomic E-state index is 12.9. The number of benzene rings is 3. The summed E-state index contributed by atoms with van der Waals surface area (Å²) in [7, 11) is 0. The highest BCUT2D eigenvalue weighted by Crippen LogP contribution is 2.19. The van der Waals surface area contributed by atoms with E-state index in [0.29, 0.717) is 12.8 Å². The zero-order valence-corrected chi connectivity index (χ0v) is 14.2. The Balaban J connectivity index is 1.61. The minimum absolute atomic E-state index is 0.220. The number of carbonyl (C=O) groups is 1. The van der Waals surface area contributed by atoms with Crippen LogP contribution in [0, 0.1) is 5.82 Å². The molecule has 131 valence electrons. The molecule has 0 fully saturated rings. The topological polar surface area (TPSA) is 46.2 Å². The van der Waals surface area contributed by atoms with Crippen LogP contribution >= 0.6 is 0 Å². The Labute approximate surface area is 151 Å². The van der Waals surface area contributed by atoms with Gasteiger partial charge in [-0.3, -0.25) is 9.59 Å². The van der Waals surface area contributed by atoms with E-state index in [-0.39, 0.29) is 18.1 Å². The van der Waals surface area contributed by atoms with Crippen molar-refractivity contribution in [1.82, 2.24) is 5.32 Å². The van der Waals surface area contributed by atoms with Crippen molar-refractivity contribution in [2.75, 3.05) is 0 Å². The summed E-state index contributed by atoms with van der Waals surface area (Å²) in [5, 5.41) is 4.89. The first-order chi connectivity index (χ1) is 12.7. The SMILES string of the molecule is O=[C][C@H](Cc1cccc2ccccc12)NC(=O)CCc1ccc(F)cc1. The zero-order chi connectivity index (χ0) is 18.4. The lowest BCUT2D eigenvalue weighted by Crippen LogP contribution is -2.37. The number of nitrogens with one attached hydrogen (secondary N) is 1. The molecule has 3 rings (SSSR count). The number of hydrogen-bond donors (Lipinski definition) is 1. The van der Waals surface area contributed by atoms with Crippen molar-refractivity contribution in [1.29, 1.82) is 0 Å². The first kappa shape index (κ1) is 17.8. The largest absolute Gasteiger partial charge is 0.345 e. The fraction of sp³-hybridized carbons (Fsp3) is 0.182. The number of carbonyl (C=O) groups excluding carboxylic acids is 2. The molecule has 0 aliphatic carbocycles. The molecular weight excluding hydrogens is 329 g/mol. The van der Waals surface area contributed by atoms with Gasteiger partial charge in [-0.25, -0.2) is 4.39 Å². The minimum atomic E-state index is -0.693. The number of aryl methyl sites for hydroxylation is 1. The Morgan fingerprint density at radius 3 is 2.50 bits per heavy atom. The summed E-state index contributed by atoms with van der Waals surface area (Å²) < 4.78 is 12.9. The second kappa shape index (κ2) is 8.39. The average molecular weight is 348 g/mol. The quantitative estimate of drug-likeness (QED) is 0.707. The Kier molecular flexibility index (Phi) is 5.74. The molecule has 0 bridgehead atoms. The highest BCUT2D eigenvalue weighted by Gasteiger charge is 2.14. The van der Waals surface area contributed by atoms with Crippen molar-refractivity contribution in [2.24, 2.45) is 0 Å². The van der Waals surface area contributed by atoms with Crippen LogP contribution in [0.25, 0.3) is 10.8 Å². The van der Waals surface area contributed by atoms with Gasteiger partial charge in [-0.05, 0) is 40.5 Å². The number of fused-ring (bicyclic) bond motifs is 1. The summed E-state index contributed by atoms with van der Waals surface area (Å²) in [6, 6.07) is 19.2. The number of rotatable bonds is 7. The third kappa shape index (κ3) is 4.54. The summed E-state index contributed by atoms with van der Waals surface area (Å²) in [4.78, 5) is 23.5. The third-order valence-corrected chi connectivity index (χ3v) is 4.34. The van der Waals surface area contributed by atoms with Gasteiger partial charge in [-0.15, -0.1) is 0 Å². The molecule has 0 unspecified atom stereocenters. The summed E-state index contributed by atoms with van der Waals surface area (Å²) in [6.07, 6.45) is 3.04. The molecule has 3 aromatic carbocycles. The van der Waals surface area contributed by atoms with Crippen LogP contribution in [0.5, 0.6) is 0 Å². The van der Waals surface area contributed by atoms with Crippen molar-refractivity contribution in [3.05, 3.63) is 83.7 Å². The molecule has 1 radical (unpaired) electrons. The molecule has 0 aliphatic rings. The van der Waals surface area contributed by atoms with Gasteiger partial charge >= 0.3 is 0 Å². The van der Waals surface area contributed by atoms with E-state index in [1.54, 1.807) is 12.1 Å². The van der Waals surface area contributed by atoms with Gasteiger partial charge in [0.25, 0.3) is 0 Å². The molecular formula is C22H19FNO2. The normalized spacial score (nSPS) is 11.9. The van der Waals surface area contributed by atoms with E-state index in [9.17, 15) is 14.0 Å². The lowest BCUT2D eigenvalue weighted by Gasteiger charge is -2.14. The maximum Gasteiger partial charge on any atom is 0.223 e. The molecule has 0 saturated carbocycles. The molecule has 0 saturated heterocycles. The molecule has 0 heterocycles. The lowest BCUT2D eigenvalue weighted by atomic mass is 9.99. The van der Waals surface area contributed by atoms with Crippen LogP contribution in [0.4, 0.5) is 4.39 Å². The van der Waals surface area contributed by atoms with Crippen LogP contribution < -0.4 is 5.32 Å². The van der Waals surface area contributed by atoms with Crippen molar-refractivity contribution in [2.45, 2.75) is 25.3 Å². The first-order valence-corrected chi connectivity index (χ1v) is 8.54. The fourth-order valence-electron chi connectivity index (χ4n) is 2.99. The van der Waals surface area contributed by atoms with E-state index in [0.717, 1.165) is 21.9 Å². The van der Waals surface area contributed by atoms with Crippen molar-refractivity contribution in [3.63, 3.8) is 0 Å². The molecule has 0 spiro atoms. The molecule has 1 amide bonds. The average Bonchev–Trinajstić information content (AvgIpc) is 2.67. The molecule has 0 aliphatic heterocycles. The van der Waals surface area contributed by atoms with Gasteiger partial charge in [-0.2, -0.15) is 0 Å². The molecule has 0 aromatic heterocycles. The lowest BCUT2D eigenvalue weighted by molar-refractivity contribution is -0.121. The van der Waals surface area contributed by atoms with Gasteiger partial charge in [0.2, 0.25) is 12.2 Å². The molecule has 4 heteroatoms. The predicted molar refractivity (Wildman–Crippen MR) is 100.0 cm³/mol. The van der Waals surface area contributed by atoms with E-state index in [1.165, 1.54) is 12.1 Å². The number of halogens is 1. The second-order valence-corrected chi connectivity index (χ2v) is 6.21. The zero-order valence-electron chi connectivity index (χ0n) is 14.2. The first-order valence-electron chi connectivity index (χ1n) is 8.54. The van der Waals surface area contributed by atoms with Crippen molar-refractivity contribution >= 4 is 23.0 Å². The summed E-state index contributed by atoms with van der Waals surface area (Å²) in [5.74, 6) is -0.521. The standard InChI is InChI=1S/C22H19FNO2/c23-19-11-8-16(9-12-19)10-13-22(26)24-20(15-25)14-18-6-3-5-17-4-1-2-7-21(17)18/h1-9,11-12,20H,10,13-14H2,(H,24,26)/t20-/m0/s1. The van der Waals surface area contributed by atoms with Gasteiger partial charge in [-0.1, -0.05) is 54.6 Å². The highest BCUT2D eigenvalue weighted by molar-refractivity contribution is 5.86. The van der Waals surface area contributed by atoms with Gasteiger partial charge in [0.15, 0.2) is 0 Å². The Bertz CT molecular complexity index is 900. The van der Waals surface area contributed by atoms with Gasteiger partial charge in [0, 0.05) is 12.8 Å². The second-order valence-electron chi connectivity index (χ2n) is 6.21. The van der Waals surface area contributed by atoms with Crippen LogP contribution in [0.1, 0.15) is 17.5 Å². The van der Waals surface area contributed by atoms with E-state index in [4.69, 9.17) is 0 Å². The van der Waals surface area contributed by atoms with Crippen LogP contribution in [0.3, 0.4) is 0 Å². The number of hydrogen-bond acceptors (Lipinski definition) is 2. The van der Waals surface area contributed by atoms with Crippen LogP contribution in [0.2, 0.25) is 0 Å². The predicted octanol–water partition coefficient (Wildman–Crippen LogP) is 3.75. The van der Waals surface area contributed by atoms with Gasteiger partial charge < -0.3 is 5.32 Å². The Morgan fingerprint density at radius 2 is 1.73 bits per heavy atom. The Hall–Kier alpha value is -3.01. The monoisotopic (exact) mass is 348 g/mol. The van der Waals surface area contributed by atoms with E-state index in [1.807, 2.05) is 48.8 Å². The Morgan fingerprint density at radius 1 is 1.00 bits per heavy atom. The van der Waals surface area contributed by atoms with E-state index < -0.39 is 6.04 Å².